The second-order valence-corrected chi connectivity index (χ2v) is 9.02. The molecule has 2 aromatic rings. The van der Waals surface area contributed by atoms with Gasteiger partial charge in [-0.15, -0.1) is 23.1 Å². The Morgan fingerprint density at radius 1 is 1.22 bits per heavy atom. The highest BCUT2D eigenvalue weighted by Crippen LogP contribution is 2.37. The van der Waals surface area contributed by atoms with Crippen molar-refractivity contribution >= 4 is 68.8 Å². The molecule has 0 aliphatic heterocycles. The quantitative estimate of drug-likeness (QED) is 0.484. The van der Waals surface area contributed by atoms with Crippen LogP contribution in [0.15, 0.2) is 29.2 Å². The van der Waals surface area contributed by atoms with Crippen molar-refractivity contribution in [3.8, 4) is 0 Å². The number of thiocarbonyl (C=S) groups is 1. The van der Waals surface area contributed by atoms with Gasteiger partial charge in [0.2, 0.25) is 5.91 Å². The highest BCUT2D eigenvalue weighted by atomic mass is 35.5. The second kappa shape index (κ2) is 9.05. The number of carbonyl (C=O) groups excluding carboxylic acids is 2. The number of halogens is 1. The molecule has 1 aromatic carbocycles. The zero-order chi connectivity index (χ0) is 19.4. The van der Waals surface area contributed by atoms with Gasteiger partial charge in [-0.3, -0.25) is 9.59 Å². The molecule has 4 N–H and O–H groups in total. The molecule has 0 bridgehead atoms. The lowest BCUT2D eigenvalue weighted by Crippen LogP contribution is -2.35. The van der Waals surface area contributed by atoms with E-state index in [1.165, 1.54) is 28.0 Å². The van der Waals surface area contributed by atoms with Crippen LogP contribution in [0.3, 0.4) is 0 Å². The molecular weight excluding hydrogens is 422 g/mol. The first kappa shape index (κ1) is 20.1. The van der Waals surface area contributed by atoms with E-state index in [1.807, 2.05) is 12.1 Å². The predicted molar refractivity (Wildman–Crippen MR) is 116 cm³/mol. The molecule has 1 aliphatic rings. The molecule has 9 heteroatoms. The number of hydrogen-bond acceptors (Lipinski definition) is 5. The fourth-order valence-corrected chi connectivity index (χ4v) is 5.30. The summed E-state index contributed by atoms with van der Waals surface area (Å²) in [6, 6.07) is 7.26. The van der Waals surface area contributed by atoms with Gasteiger partial charge >= 0.3 is 0 Å². The van der Waals surface area contributed by atoms with Crippen LogP contribution in [0.1, 0.15) is 33.6 Å². The summed E-state index contributed by atoms with van der Waals surface area (Å²) in [5.41, 5.74) is 7.09. The summed E-state index contributed by atoms with van der Waals surface area (Å²) in [6.45, 7) is 0. The standard InChI is InChI=1S/C18H18ClN3O2S3/c19-10-5-7-11(8-6-10)26-9-14(23)21-18(25)22-17-15(16(20)24)12-3-1-2-4-13(12)27-17/h5-8H,1-4,9H2,(H2,20,24)(H2,21,22,23,25). The molecule has 5 nitrogen and oxygen atoms in total. The Hall–Kier alpha value is -1.61. The van der Waals surface area contributed by atoms with Crippen molar-refractivity contribution in [1.82, 2.24) is 5.32 Å². The van der Waals surface area contributed by atoms with Crippen molar-refractivity contribution in [2.75, 3.05) is 11.1 Å². The summed E-state index contributed by atoms with van der Waals surface area (Å²) >= 11 is 14.0. The molecule has 0 radical (unpaired) electrons. The van der Waals surface area contributed by atoms with Gasteiger partial charge in [0, 0.05) is 14.8 Å². The van der Waals surface area contributed by atoms with Crippen molar-refractivity contribution in [3.05, 3.63) is 45.3 Å². The lowest BCUT2D eigenvalue weighted by Gasteiger charge is -2.11. The average Bonchev–Trinajstić information content (AvgIpc) is 2.99. The summed E-state index contributed by atoms with van der Waals surface area (Å²) < 4.78 is 0. The molecular formula is C18H18ClN3O2S3. The molecule has 0 atom stereocenters. The van der Waals surface area contributed by atoms with Gasteiger partial charge in [-0.1, -0.05) is 11.6 Å². The van der Waals surface area contributed by atoms with E-state index in [9.17, 15) is 9.59 Å². The molecule has 2 amide bonds. The van der Waals surface area contributed by atoms with E-state index in [-0.39, 0.29) is 16.8 Å². The van der Waals surface area contributed by atoms with Gasteiger partial charge in [-0.05, 0) is 67.7 Å². The number of thioether (sulfide) groups is 1. The van der Waals surface area contributed by atoms with Gasteiger partial charge < -0.3 is 16.4 Å². The van der Waals surface area contributed by atoms with Crippen LogP contribution in [0.25, 0.3) is 0 Å². The minimum absolute atomic E-state index is 0.165. The largest absolute Gasteiger partial charge is 0.365 e. The molecule has 27 heavy (non-hydrogen) atoms. The first-order valence-electron chi connectivity index (χ1n) is 8.37. The van der Waals surface area contributed by atoms with Gasteiger partial charge in [-0.2, -0.15) is 0 Å². The molecule has 0 saturated carbocycles. The van der Waals surface area contributed by atoms with Crippen molar-refractivity contribution < 1.29 is 9.59 Å². The molecule has 1 aliphatic carbocycles. The Morgan fingerprint density at radius 2 is 1.93 bits per heavy atom. The molecule has 0 saturated heterocycles. The van der Waals surface area contributed by atoms with Gasteiger partial charge in [0.05, 0.1) is 11.3 Å². The molecule has 142 valence electrons. The number of hydrogen-bond donors (Lipinski definition) is 3. The van der Waals surface area contributed by atoms with Crippen LogP contribution in [0.2, 0.25) is 5.02 Å². The molecule has 1 aromatic heterocycles. The number of amides is 2. The highest BCUT2D eigenvalue weighted by Gasteiger charge is 2.24. The Balaban J connectivity index is 1.59. The zero-order valence-electron chi connectivity index (χ0n) is 14.3. The number of benzene rings is 1. The lowest BCUT2D eigenvalue weighted by atomic mass is 9.95. The van der Waals surface area contributed by atoms with Gasteiger partial charge in [-0.25, -0.2) is 0 Å². The average molecular weight is 440 g/mol. The normalized spacial score (nSPS) is 12.9. The number of nitrogens with two attached hydrogens (primary N) is 1. The number of rotatable bonds is 5. The van der Waals surface area contributed by atoms with E-state index >= 15 is 0 Å². The SMILES string of the molecule is NC(=O)c1c(NC(=S)NC(=O)CSc2ccc(Cl)cc2)sc2c1CCCC2. The minimum Gasteiger partial charge on any atom is -0.365 e. The van der Waals surface area contributed by atoms with Crippen molar-refractivity contribution in [2.45, 2.75) is 30.6 Å². The van der Waals surface area contributed by atoms with Crippen LogP contribution in [0, 0.1) is 0 Å². The van der Waals surface area contributed by atoms with Crippen LogP contribution in [-0.4, -0.2) is 22.7 Å². The fraction of sp³-hybridized carbons (Fsp3) is 0.278. The zero-order valence-corrected chi connectivity index (χ0v) is 17.5. The Kier molecular flexibility index (Phi) is 6.75. The first-order valence-corrected chi connectivity index (χ1v) is 11.0. The molecule has 1 heterocycles. The summed E-state index contributed by atoms with van der Waals surface area (Å²) in [5, 5.41) is 7.05. The van der Waals surface area contributed by atoms with E-state index in [1.54, 1.807) is 12.1 Å². The topological polar surface area (TPSA) is 84.2 Å². The summed E-state index contributed by atoms with van der Waals surface area (Å²) in [4.78, 5) is 26.1. The van der Waals surface area contributed by atoms with E-state index in [0.29, 0.717) is 15.6 Å². The van der Waals surface area contributed by atoms with E-state index in [2.05, 4.69) is 10.6 Å². The van der Waals surface area contributed by atoms with Crippen molar-refractivity contribution in [3.63, 3.8) is 0 Å². The van der Waals surface area contributed by atoms with Crippen LogP contribution >= 0.6 is 46.9 Å². The Labute approximate surface area is 176 Å². The number of primary amides is 1. The second-order valence-electron chi connectivity index (χ2n) is 6.02. The molecule has 3 rings (SSSR count). The number of nitrogens with one attached hydrogen (secondary N) is 2. The molecule has 0 fully saturated rings. The van der Waals surface area contributed by atoms with Crippen LogP contribution in [0.4, 0.5) is 5.00 Å². The lowest BCUT2D eigenvalue weighted by molar-refractivity contribution is -0.117. The van der Waals surface area contributed by atoms with Crippen molar-refractivity contribution in [1.29, 1.82) is 0 Å². The minimum atomic E-state index is -0.468. The van der Waals surface area contributed by atoms with Crippen LogP contribution < -0.4 is 16.4 Å². The fourth-order valence-electron chi connectivity index (χ4n) is 2.89. The smallest absolute Gasteiger partial charge is 0.251 e. The number of anilines is 1. The number of thiophene rings is 1. The third-order valence-electron chi connectivity index (χ3n) is 4.08. The highest BCUT2D eigenvalue weighted by molar-refractivity contribution is 8.00. The summed E-state index contributed by atoms with van der Waals surface area (Å²) in [7, 11) is 0. The Bertz CT molecular complexity index is 881. The third kappa shape index (κ3) is 5.22. The van der Waals surface area contributed by atoms with E-state index < -0.39 is 5.91 Å². The number of carbonyl (C=O) groups is 2. The van der Waals surface area contributed by atoms with Gasteiger partial charge in [0.15, 0.2) is 5.11 Å². The monoisotopic (exact) mass is 439 g/mol. The van der Waals surface area contributed by atoms with E-state index in [0.717, 1.165) is 36.1 Å². The van der Waals surface area contributed by atoms with Crippen molar-refractivity contribution in [2.24, 2.45) is 5.73 Å². The summed E-state index contributed by atoms with van der Waals surface area (Å²) in [6.07, 6.45) is 3.95. The molecule has 0 spiro atoms. The predicted octanol–water partition coefficient (Wildman–Crippen LogP) is 3.98. The Morgan fingerprint density at radius 3 is 2.63 bits per heavy atom. The van der Waals surface area contributed by atoms with Gasteiger partial charge in [0.25, 0.3) is 5.91 Å². The van der Waals surface area contributed by atoms with Gasteiger partial charge in [0.1, 0.15) is 5.00 Å². The maximum Gasteiger partial charge on any atom is 0.251 e. The maximum atomic E-state index is 12.1. The van der Waals surface area contributed by atoms with Crippen LogP contribution in [0.5, 0.6) is 0 Å². The maximum absolute atomic E-state index is 12.1. The first-order chi connectivity index (χ1) is 12.9. The third-order valence-corrected chi connectivity index (χ3v) is 6.76. The van der Waals surface area contributed by atoms with Crippen LogP contribution in [-0.2, 0) is 17.6 Å². The van der Waals surface area contributed by atoms with E-state index in [4.69, 9.17) is 29.6 Å². The molecule has 0 unspecified atom stereocenters. The number of fused-ring (bicyclic) bond motifs is 1. The number of aryl methyl sites for hydroxylation is 1. The summed E-state index contributed by atoms with van der Waals surface area (Å²) in [5.74, 6) is -0.480.